The first-order valence-corrected chi connectivity index (χ1v) is 11.0. The van der Waals surface area contributed by atoms with Crippen molar-refractivity contribution in [2.45, 2.75) is 39.2 Å². The summed E-state index contributed by atoms with van der Waals surface area (Å²) in [5, 5.41) is 0. The van der Waals surface area contributed by atoms with Crippen molar-refractivity contribution < 1.29 is 9.53 Å². The molecule has 1 N–H and O–H groups in total. The van der Waals surface area contributed by atoms with Gasteiger partial charge in [-0.2, -0.15) is 0 Å². The number of aromatic nitrogens is 1. The minimum absolute atomic E-state index is 0.0824. The first-order chi connectivity index (χ1) is 15.5. The van der Waals surface area contributed by atoms with E-state index in [1.54, 1.807) is 25.3 Å². The Labute approximate surface area is 188 Å². The highest BCUT2D eigenvalue weighted by molar-refractivity contribution is 5.94. The maximum Gasteiger partial charge on any atom is 0.338 e. The minimum atomic E-state index is -0.527. The zero-order valence-corrected chi connectivity index (χ0v) is 18.7. The van der Waals surface area contributed by atoms with Crippen molar-refractivity contribution in [2.75, 3.05) is 6.61 Å². The summed E-state index contributed by atoms with van der Waals surface area (Å²) in [6.07, 6.45) is 11.6. The molecule has 0 amide bonds. The van der Waals surface area contributed by atoms with E-state index in [9.17, 15) is 9.59 Å². The van der Waals surface area contributed by atoms with Gasteiger partial charge in [0.1, 0.15) is 5.54 Å². The van der Waals surface area contributed by atoms with Crippen molar-refractivity contribution >= 4 is 18.3 Å². The van der Waals surface area contributed by atoms with E-state index in [-0.39, 0.29) is 17.4 Å². The second-order valence-electron chi connectivity index (χ2n) is 8.26. The van der Waals surface area contributed by atoms with Gasteiger partial charge in [0.15, 0.2) is 0 Å². The number of allylic oxidation sites excluding steroid dienone is 3. The molecular weight excluding hydrogens is 400 g/mol. The summed E-state index contributed by atoms with van der Waals surface area (Å²) < 4.78 is 5.16. The van der Waals surface area contributed by atoms with Crippen molar-refractivity contribution in [3.8, 4) is 0 Å². The van der Waals surface area contributed by atoms with E-state index in [0.29, 0.717) is 12.2 Å². The Morgan fingerprint density at radius 2 is 2.09 bits per heavy atom. The Morgan fingerprint density at radius 1 is 1.28 bits per heavy atom. The number of H-pyrrole nitrogens is 1. The lowest BCUT2D eigenvalue weighted by molar-refractivity contribution is 0.0526. The quantitative estimate of drug-likeness (QED) is 0.414. The minimum Gasteiger partial charge on any atom is -0.462 e. The predicted octanol–water partition coefficient (Wildman–Crippen LogP) is 5.00. The van der Waals surface area contributed by atoms with E-state index < -0.39 is 5.54 Å². The van der Waals surface area contributed by atoms with Crippen LogP contribution in [0.3, 0.4) is 0 Å². The molecule has 164 valence electrons. The lowest BCUT2D eigenvalue weighted by Gasteiger charge is -2.45. The molecule has 0 aliphatic heterocycles. The number of rotatable bonds is 5. The molecule has 0 saturated heterocycles. The molecule has 32 heavy (non-hydrogen) atoms. The highest BCUT2D eigenvalue weighted by Gasteiger charge is 2.46. The fourth-order valence-corrected chi connectivity index (χ4v) is 5.01. The maximum absolute atomic E-state index is 12.2. The molecule has 4 rings (SSSR count). The van der Waals surface area contributed by atoms with E-state index in [2.05, 4.69) is 31.0 Å². The van der Waals surface area contributed by atoms with Crippen LogP contribution >= 0.6 is 0 Å². The van der Waals surface area contributed by atoms with Crippen LogP contribution in [0.25, 0.3) is 6.08 Å². The van der Waals surface area contributed by atoms with E-state index in [0.717, 1.165) is 29.7 Å². The van der Waals surface area contributed by atoms with Gasteiger partial charge < -0.3 is 9.72 Å². The average Bonchev–Trinajstić information content (AvgIpc) is 2.76. The normalized spacial score (nSPS) is 23.4. The molecule has 2 aliphatic rings. The lowest BCUT2D eigenvalue weighted by Crippen LogP contribution is -2.40. The van der Waals surface area contributed by atoms with Crippen LogP contribution < -0.4 is 5.56 Å². The van der Waals surface area contributed by atoms with Gasteiger partial charge in [-0.15, -0.1) is 0 Å². The average molecular weight is 429 g/mol. The standard InChI is InChI=1S/C27H28N2O3/c1-4-22-20-15-18(3)17-27(22,23-12-13-25(30)29-24(23)16-20)28-14-8-10-19-9-6-7-11-21(19)26(31)32-5-2/h4,6-15,20H,5,16-17H2,1-3H3,(H,29,30)/b10-8+,22-4?,28-14?. The zero-order chi connectivity index (χ0) is 22.7. The molecule has 5 nitrogen and oxygen atoms in total. The number of hydrogen-bond donors (Lipinski definition) is 1. The molecule has 0 saturated carbocycles. The number of esters is 1. The van der Waals surface area contributed by atoms with Crippen LogP contribution in [0.4, 0.5) is 0 Å². The van der Waals surface area contributed by atoms with Crippen molar-refractivity contribution in [1.82, 2.24) is 4.98 Å². The van der Waals surface area contributed by atoms with E-state index in [4.69, 9.17) is 9.73 Å². The molecule has 1 aromatic carbocycles. The third-order valence-corrected chi connectivity index (χ3v) is 6.19. The van der Waals surface area contributed by atoms with E-state index in [1.165, 1.54) is 11.1 Å². The highest BCUT2D eigenvalue weighted by Crippen LogP contribution is 2.51. The summed E-state index contributed by atoms with van der Waals surface area (Å²) in [4.78, 5) is 32.3. The van der Waals surface area contributed by atoms with Crippen LogP contribution in [0.1, 0.15) is 54.4 Å². The van der Waals surface area contributed by atoms with E-state index in [1.807, 2.05) is 36.4 Å². The van der Waals surface area contributed by atoms with Crippen molar-refractivity contribution in [3.05, 3.63) is 98.5 Å². The first kappa shape index (κ1) is 21.8. The highest BCUT2D eigenvalue weighted by atomic mass is 16.5. The first-order valence-electron chi connectivity index (χ1n) is 11.0. The summed E-state index contributed by atoms with van der Waals surface area (Å²) >= 11 is 0. The number of ether oxygens (including phenoxy) is 1. The molecule has 0 spiro atoms. The van der Waals surface area contributed by atoms with Gasteiger partial charge in [0.25, 0.3) is 0 Å². The third kappa shape index (κ3) is 3.91. The van der Waals surface area contributed by atoms with Gasteiger partial charge in [-0.25, -0.2) is 4.79 Å². The molecule has 0 radical (unpaired) electrons. The van der Waals surface area contributed by atoms with Crippen LogP contribution in [0.15, 0.2) is 75.6 Å². The van der Waals surface area contributed by atoms with Crippen LogP contribution in [0, 0.1) is 5.92 Å². The molecule has 2 bridgehead atoms. The number of carbonyl (C=O) groups is 1. The molecule has 1 aromatic heterocycles. The second-order valence-corrected chi connectivity index (χ2v) is 8.26. The van der Waals surface area contributed by atoms with Crippen molar-refractivity contribution in [2.24, 2.45) is 10.9 Å². The van der Waals surface area contributed by atoms with Crippen LogP contribution in [0.5, 0.6) is 0 Å². The molecule has 5 heteroatoms. The van der Waals surface area contributed by atoms with Crippen molar-refractivity contribution in [3.63, 3.8) is 0 Å². The number of aliphatic imine (C=N–C) groups is 1. The Hall–Kier alpha value is -3.47. The molecule has 2 atom stereocenters. The van der Waals surface area contributed by atoms with Gasteiger partial charge in [0, 0.05) is 35.9 Å². The molecule has 2 unspecified atom stereocenters. The summed E-state index contributed by atoms with van der Waals surface area (Å²) in [6, 6.07) is 10.9. The van der Waals surface area contributed by atoms with Gasteiger partial charge >= 0.3 is 5.97 Å². The fraction of sp³-hybridized carbons (Fsp3) is 0.296. The number of aromatic amines is 1. The molecular formula is C27H28N2O3. The Kier molecular flexibility index (Phi) is 6.08. The van der Waals surface area contributed by atoms with Gasteiger partial charge in [0.2, 0.25) is 5.56 Å². The van der Waals surface area contributed by atoms with E-state index >= 15 is 0 Å². The zero-order valence-electron chi connectivity index (χ0n) is 18.7. The lowest BCUT2D eigenvalue weighted by atomic mass is 9.63. The number of nitrogens with zero attached hydrogens (tertiary/aromatic N) is 1. The van der Waals surface area contributed by atoms with Crippen LogP contribution in [-0.2, 0) is 16.7 Å². The smallest absolute Gasteiger partial charge is 0.338 e. The largest absolute Gasteiger partial charge is 0.462 e. The number of pyridine rings is 1. The number of benzene rings is 1. The molecule has 0 fully saturated rings. The van der Waals surface area contributed by atoms with Crippen molar-refractivity contribution in [1.29, 1.82) is 0 Å². The monoisotopic (exact) mass is 428 g/mol. The topological polar surface area (TPSA) is 71.5 Å². The third-order valence-electron chi connectivity index (χ3n) is 6.19. The maximum atomic E-state index is 12.2. The summed E-state index contributed by atoms with van der Waals surface area (Å²) in [6.45, 7) is 6.34. The summed E-state index contributed by atoms with van der Waals surface area (Å²) in [5.41, 5.74) is 5.29. The fourth-order valence-electron chi connectivity index (χ4n) is 5.01. The molecule has 2 aliphatic carbocycles. The van der Waals surface area contributed by atoms with Crippen LogP contribution in [-0.4, -0.2) is 23.8 Å². The Morgan fingerprint density at radius 3 is 2.88 bits per heavy atom. The van der Waals surface area contributed by atoms with Gasteiger partial charge in [-0.3, -0.25) is 9.79 Å². The number of fused-ring (bicyclic) bond motifs is 4. The van der Waals surface area contributed by atoms with Gasteiger partial charge in [-0.05, 0) is 56.5 Å². The van der Waals surface area contributed by atoms with Gasteiger partial charge in [0.05, 0.1) is 12.2 Å². The SMILES string of the molecule is CC=C1C2C=C(C)CC1(N=C/C=C/c1ccccc1C(=O)OCC)c1ccc(=O)[nH]c1C2. The number of carbonyl (C=O) groups excluding carboxylic acids is 1. The Balaban J connectivity index is 1.72. The predicted molar refractivity (Wildman–Crippen MR) is 128 cm³/mol. The Bertz CT molecular complexity index is 1220. The van der Waals surface area contributed by atoms with Crippen LogP contribution in [0.2, 0.25) is 0 Å². The number of nitrogens with one attached hydrogen (secondary N) is 1. The molecule has 1 heterocycles. The number of hydrogen-bond acceptors (Lipinski definition) is 4. The summed E-state index contributed by atoms with van der Waals surface area (Å²) in [7, 11) is 0. The van der Waals surface area contributed by atoms with Gasteiger partial charge in [-0.1, -0.05) is 42.0 Å². The second kappa shape index (κ2) is 8.95. The molecule has 2 aromatic rings. The summed E-state index contributed by atoms with van der Waals surface area (Å²) in [5.74, 6) is -0.106.